The van der Waals surface area contributed by atoms with Gasteiger partial charge in [-0.2, -0.15) is 0 Å². The van der Waals surface area contributed by atoms with Gasteiger partial charge in [-0.15, -0.1) is 11.3 Å². The first-order valence-electron chi connectivity index (χ1n) is 9.18. The van der Waals surface area contributed by atoms with Crippen molar-refractivity contribution < 1.29 is 17.5 Å². The average Bonchev–Trinajstić information content (AvgIpc) is 3.18. The highest BCUT2D eigenvalue weighted by molar-refractivity contribution is 7.90. The van der Waals surface area contributed by atoms with Gasteiger partial charge < -0.3 is 4.74 Å². The molecular formula is C23H17ClFNO3S2. The first-order valence-corrected chi connectivity index (χ1v) is 12.3. The van der Waals surface area contributed by atoms with Crippen LogP contribution in [0.15, 0.2) is 71.6 Å². The topological polar surface area (TPSA) is 56.3 Å². The minimum absolute atomic E-state index is 0.114. The van der Waals surface area contributed by atoms with E-state index in [4.69, 9.17) is 21.3 Å². The molecule has 4 aromatic rings. The maximum Gasteiger partial charge on any atom is 0.176 e. The van der Waals surface area contributed by atoms with Gasteiger partial charge in [0.15, 0.2) is 21.4 Å². The average molecular weight is 474 g/mol. The summed E-state index contributed by atoms with van der Waals surface area (Å²) in [5.74, 6) is -0.418. The van der Waals surface area contributed by atoms with Gasteiger partial charge in [0.2, 0.25) is 0 Å². The van der Waals surface area contributed by atoms with Crippen LogP contribution in [0.4, 0.5) is 4.39 Å². The Kier molecular flexibility index (Phi) is 5.83. The van der Waals surface area contributed by atoms with Crippen molar-refractivity contribution in [3.05, 3.63) is 77.6 Å². The number of methoxy groups -OCH3 is 1. The maximum atomic E-state index is 14.5. The lowest BCUT2D eigenvalue weighted by atomic mass is 10.1. The van der Waals surface area contributed by atoms with Crippen LogP contribution < -0.4 is 4.74 Å². The summed E-state index contributed by atoms with van der Waals surface area (Å²) < 4.78 is 44.3. The zero-order valence-electron chi connectivity index (χ0n) is 16.6. The lowest BCUT2D eigenvalue weighted by molar-refractivity contribution is 0.386. The fraction of sp³-hybridized carbons (Fsp3) is 0.0870. The quantitative estimate of drug-likeness (QED) is 0.339. The molecule has 0 aliphatic heterocycles. The van der Waals surface area contributed by atoms with Crippen LogP contribution in [0.25, 0.3) is 32.3 Å². The highest BCUT2D eigenvalue weighted by atomic mass is 35.5. The summed E-state index contributed by atoms with van der Waals surface area (Å²) in [6.07, 6.45) is 1.16. The van der Waals surface area contributed by atoms with Gasteiger partial charge in [-0.05, 0) is 30.3 Å². The molecule has 0 saturated heterocycles. The van der Waals surface area contributed by atoms with E-state index in [1.807, 2.05) is 18.2 Å². The Balaban J connectivity index is 2.01. The fourth-order valence-electron chi connectivity index (χ4n) is 3.24. The molecule has 8 heteroatoms. The predicted molar refractivity (Wildman–Crippen MR) is 123 cm³/mol. The van der Waals surface area contributed by atoms with Crippen molar-refractivity contribution in [1.29, 1.82) is 0 Å². The monoisotopic (exact) mass is 473 g/mol. The normalized spacial score (nSPS) is 11.5. The van der Waals surface area contributed by atoms with Crippen LogP contribution in [0.5, 0.6) is 5.75 Å². The largest absolute Gasteiger partial charge is 0.494 e. The number of hydrogen-bond donors (Lipinski definition) is 0. The molecule has 0 aliphatic rings. The lowest BCUT2D eigenvalue weighted by Gasteiger charge is -2.09. The molecule has 0 aliphatic carbocycles. The molecule has 31 heavy (non-hydrogen) atoms. The smallest absolute Gasteiger partial charge is 0.176 e. The number of benzene rings is 3. The van der Waals surface area contributed by atoms with Crippen molar-refractivity contribution in [1.82, 2.24) is 4.98 Å². The molecule has 0 radical (unpaired) electrons. The number of sulfone groups is 1. The number of rotatable bonds is 5. The molecule has 0 atom stereocenters. The summed E-state index contributed by atoms with van der Waals surface area (Å²) >= 11 is 7.68. The third-order valence-electron chi connectivity index (χ3n) is 4.69. The van der Waals surface area contributed by atoms with E-state index in [1.165, 1.54) is 30.6 Å². The first kappa shape index (κ1) is 21.5. The van der Waals surface area contributed by atoms with E-state index in [2.05, 4.69) is 0 Å². The Hall–Kier alpha value is -2.74. The third kappa shape index (κ3) is 4.21. The summed E-state index contributed by atoms with van der Waals surface area (Å²) in [5, 5.41) is 1.13. The van der Waals surface area contributed by atoms with Crippen LogP contribution in [0.1, 0.15) is 0 Å². The number of nitrogens with zero attached hydrogens (tertiary/aromatic N) is 1. The fourth-order valence-corrected chi connectivity index (χ4v) is 5.65. The van der Waals surface area contributed by atoms with Crippen molar-refractivity contribution in [2.24, 2.45) is 0 Å². The summed E-state index contributed by atoms with van der Waals surface area (Å²) in [5.41, 5.74) is 2.20. The van der Waals surface area contributed by atoms with Crippen molar-refractivity contribution in [3.8, 4) is 38.0 Å². The van der Waals surface area contributed by atoms with Gasteiger partial charge in [0.05, 0.1) is 27.6 Å². The van der Waals surface area contributed by atoms with E-state index in [0.29, 0.717) is 37.3 Å². The SMILES string of the molecule is COc1ccc(-c2nc(-c3ccccc3Cl)sc2-c2ccccc2S(C)(=O)=O)cc1F. The molecule has 3 aromatic carbocycles. The zero-order chi connectivity index (χ0) is 22.2. The molecule has 0 amide bonds. The standard InChI is InChI=1S/C23H17ClFNO3S2/c1-29-19-12-11-14(13-18(19)25)21-22(16-8-4-6-10-20(16)31(2,27)28)30-23(26-21)15-7-3-5-9-17(15)24/h3-13H,1-2H3. The molecule has 1 aromatic heterocycles. The Labute approximate surface area is 188 Å². The van der Waals surface area contributed by atoms with Crippen LogP contribution in [0.3, 0.4) is 0 Å². The molecule has 0 spiro atoms. The maximum absolute atomic E-state index is 14.5. The van der Waals surface area contributed by atoms with E-state index in [1.54, 1.807) is 36.4 Å². The molecule has 0 bridgehead atoms. The van der Waals surface area contributed by atoms with Crippen LogP contribution in [0.2, 0.25) is 5.02 Å². The minimum atomic E-state index is -3.50. The highest BCUT2D eigenvalue weighted by Gasteiger charge is 2.23. The molecular weight excluding hydrogens is 457 g/mol. The first-order chi connectivity index (χ1) is 14.8. The van der Waals surface area contributed by atoms with E-state index < -0.39 is 15.7 Å². The number of halogens is 2. The van der Waals surface area contributed by atoms with Crippen LogP contribution in [-0.4, -0.2) is 26.8 Å². The predicted octanol–water partition coefficient (Wildman–Crippen LogP) is 6.35. The second kappa shape index (κ2) is 8.42. The van der Waals surface area contributed by atoms with Crippen LogP contribution in [-0.2, 0) is 9.84 Å². The summed E-state index contributed by atoms with van der Waals surface area (Å²) in [7, 11) is -2.11. The Morgan fingerprint density at radius 3 is 2.32 bits per heavy atom. The van der Waals surface area contributed by atoms with Crippen molar-refractivity contribution in [2.45, 2.75) is 4.90 Å². The second-order valence-electron chi connectivity index (χ2n) is 6.79. The molecule has 0 saturated carbocycles. The summed E-state index contributed by atoms with van der Waals surface area (Å²) in [6.45, 7) is 0. The second-order valence-corrected chi connectivity index (χ2v) is 10.2. The molecule has 0 unspecified atom stereocenters. The van der Waals surface area contributed by atoms with Gasteiger partial charge in [0.25, 0.3) is 0 Å². The lowest BCUT2D eigenvalue weighted by Crippen LogP contribution is -1.99. The van der Waals surface area contributed by atoms with Crippen LogP contribution in [0, 0.1) is 5.82 Å². The zero-order valence-corrected chi connectivity index (χ0v) is 19.0. The van der Waals surface area contributed by atoms with E-state index >= 15 is 0 Å². The third-order valence-corrected chi connectivity index (χ3v) is 7.29. The van der Waals surface area contributed by atoms with Crippen molar-refractivity contribution in [3.63, 3.8) is 0 Å². The molecule has 158 valence electrons. The Morgan fingerprint density at radius 1 is 1.00 bits per heavy atom. The minimum Gasteiger partial charge on any atom is -0.494 e. The molecule has 0 N–H and O–H groups in total. The van der Waals surface area contributed by atoms with Gasteiger partial charge in [-0.3, -0.25) is 0 Å². The van der Waals surface area contributed by atoms with E-state index in [-0.39, 0.29) is 10.6 Å². The summed E-state index contributed by atoms with van der Waals surface area (Å²) in [4.78, 5) is 5.53. The van der Waals surface area contributed by atoms with Gasteiger partial charge in [0.1, 0.15) is 5.01 Å². The molecule has 4 rings (SSSR count). The number of thiazole rings is 1. The Bertz CT molecular complexity index is 1380. The molecule has 4 nitrogen and oxygen atoms in total. The van der Waals surface area contributed by atoms with Crippen LogP contribution >= 0.6 is 22.9 Å². The van der Waals surface area contributed by atoms with E-state index in [9.17, 15) is 12.8 Å². The number of hydrogen-bond acceptors (Lipinski definition) is 5. The van der Waals surface area contributed by atoms with Gasteiger partial charge in [-0.1, -0.05) is 48.0 Å². The number of ether oxygens (including phenoxy) is 1. The highest BCUT2D eigenvalue weighted by Crippen LogP contribution is 2.44. The van der Waals surface area contributed by atoms with Gasteiger partial charge in [0, 0.05) is 22.9 Å². The van der Waals surface area contributed by atoms with Crippen molar-refractivity contribution >= 4 is 32.8 Å². The molecule has 1 heterocycles. The molecule has 0 fully saturated rings. The van der Waals surface area contributed by atoms with Gasteiger partial charge >= 0.3 is 0 Å². The van der Waals surface area contributed by atoms with E-state index in [0.717, 1.165) is 6.26 Å². The number of aromatic nitrogens is 1. The summed E-state index contributed by atoms with van der Waals surface area (Å²) in [6, 6.07) is 18.5. The van der Waals surface area contributed by atoms with Crippen molar-refractivity contribution in [2.75, 3.05) is 13.4 Å². The Morgan fingerprint density at radius 2 is 1.68 bits per heavy atom. The van der Waals surface area contributed by atoms with Gasteiger partial charge in [-0.25, -0.2) is 17.8 Å².